The molecule has 0 radical (unpaired) electrons. The van der Waals surface area contributed by atoms with Crippen LogP contribution in [0.1, 0.15) is 278 Å². The van der Waals surface area contributed by atoms with Crippen molar-refractivity contribution in [2.24, 2.45) is 0 Å². The molecule has 0 saturated carbocycles. The fraction of sp³-hybridized carbons (Fsp3) is 0.836. The lowest BCUT2D eigenvalue weighted by atomic mass is 10.0. The first-order valence-electron chi connectivity index (χ1n) is 26.5. The molecule has 6 nitrogen and oxygen atoms in total. The third kappa shape index (κ3) is 48.5. The van der Waals surface area contributed by atoms with Crippen LogP contribution in [0.2, 0.25) is 0 Å². The van der Waals surface area contributed by atoms with Gasteiger partial charge in [0.25, 0.3) is 0 Å². The maximum atomic E-state index is 12.8. The number of rotatable bonds is 48. The van der Waals surface area contributed by atoms with Gasteiger partial charge < -0.3 is 14.2 Å². The smallest absolute Gasteiger partial charge is 0.306 e. The molecule has 0 bridgehead atoms. The van der Waals surface area contributed by atoms with E-state index in [4.69, 9.17) is 14.2 Å². The average molecular weight is 857 g/mol. The Labute approximate surface area is 378 Å². The average Bonchev–Trinajstić information content (AvgIpc) is 3.26. The van der Waals surface area contributed by atoms with Gasteiger partial charge in [0.05, 0.1) is 0 Å². The predicted molar refractivity (Wildman–Crippen MR) is 261 cm³/mol. The summed E-state index contributed by atoms with van der Waals surface area (Å²) >= 11 is 0. The first-order chi connectivity index (χ1) is 30.0. The molecule has 0 aromatic rings. The van der Waals surface area contributed by atoms with Crippen LogP contribution in [-0.2, 0) is 28.6 Å². The maximum Gasteiger partial charge on any atom is 0.306 e. The molecule has 1 unspecified atom stereocenters. The zero-order valence-corrected chi connectivity index (χ0v) is 40.7. The third-order valence-corrected chi connectivity index (χ3v) is 11.6. The molecule has 1 atom stereocenters. The van der Waals surface area contributed by atoms with Crippen molar-refractivity contribution in [3.63, 3.8) is 0 Å². The number of esters is 3. The zero-order chi connectivity index (χ0) is 44.4. The summed E-state index contributed by atoms with van der Waals surface area (Å²) in [5.74, 6) is -0.916. The Morgan fingerprint density at radius 1 is 0.328 bits per heavy atom. The molecular formula is C55H100O6. The summed E-state index contributed by atoms with van der Waals surface area (Å²) in [6.45, 7) is 6.61. The standard InChI is InChI=1S/C55H100O6/c1-4-7-10-13-16-19-22-25-27-28-31-33-36-39-42-45-48-54(57)60-51-52(50-59-53(56)47-44-41-38-35-32-29-24-21-18-15-12-9-6-3)61-55(58)49-46-43-40-37-34-30-26-23-20-17-14-11-8-5-2/h27-29,31-33,52H,4-26,30,34-51H2,1-3H3/b28-27-,32-29-,33-31-. The van der Waals surface area contributed by atoms with Gasteiger partial charge in [-0.1, -0.05) is 224 Å². The predicted octanol–water partition coefficient (Wildman–Crippen LogP) is 17.3. The van der Waals surface area contributed by atoms with Gasteiger partial charge in [-0.25, -0.2) is 0 Å². The highest BCUT2D eigenvalue weighted by atomic mass is 16.6. The van der Waals surface area contributed by atoms with Gasteiger partial charge in [-0.05, 0) is 70.6 Å². The van der Waals surface area contributed by atoms with Gasteiger partial charge >= 0.3 is 17.9 Å². The van der Waals surface area contributed by atoms with Gasteiger partial charge in [0.15, 0.2) is 6.10 Å². The third-order valence-electron chi connectivity index (χ3n) is 11.6. The minimum absolute atomic E-state index is 0.0857. The molecule has 6 heteroatoms. The van der Waals surface area contributed by atoms with Crippen LogP contribution in [0.3, 0.4) is 0 Å². The van der Waals surface area contributed by atoms with Crippen molar-refractivity contribution < 1.29 is 28.6 Å². The van der Waals surface area contributed by atoms with Gasteiger partial charge in [0.1, 0.15) is 13.2 Å². The highest BCUT2D eigenvalue weighted by Gasteiger charge is 2.19. The summed E-state index contributed by atoms with van der Waals surface area (Å²) in [6.07, 6.45) is 58.4. The van der Waals surface area contributed by atoms with E-state index in [-0.39, 0.29) is 31.1 Å². The quantitative estimate of drug-likeness (QED) is 0.0199. The lowest BCUT2D eigenvalue weighted by Crippen LogP contribution is -2.30. The number of allylic oxidation sites excluding steroid dienone is 6. The Kier molecular flexibility index (Phi) is 48.3. The second-order valence-corrected chi connectivity index (χ2v) is 17.8. The molecule has 0 amide bonds. The summed E-state index contributed by atoms with van der Waals surface area (Å²) in [5.41, 5.74) is 0. The van der Waals surface area contributed by atoms with Crippen molar-refractivity contribution in [1.82, 2.24) is 0 Å². The van der Waals surface area contributed by atoms with E-state index in [0.29, 0.717) is 19.3 Å². The minimum atomic E-state index is -0.784. The van der Waals surface area contributed by atoms with E-state index < -0.39 is 6.10 Å². The topological polar surface area (TPSA) is 78.9 Å². The Bertz CT molecular complexity index is 1030. The van der Waals surface area contributed by atoms with Crippen molar-refractivity contribution >= 4 is 17.9 Å². The van der Waals surface area contributed by atoms with E-state index in [1.54, 1.807) is 0 Å². The van der Waals surface area contributed by atoms with E-state index in [9.17, 15) is 14.4 Å². The molecule has 0 spiro atoms. The van der Waals surface area contributed by atoms with Crippen LogP contribution in [0.5, 0.6) is 0 Å². The lowest BCUT2D eigenvalue weighted by molar-refractivity contribution is -0.167. The first-order valence-corrected chi connectivity index (χ1v) is 26.5. The molecule has 0 rings (SSSR count). The number of carbonyl (C=O) groups excluding carboxylic acids is 3. The molecule has 356 valence electrons. The van der Waals surface area contributed by atoms with E-state index in [0.717, 1.165) is 83.5 Å². The maximum absolute atomic E-state index is 12.8. The van der Waals surface area contributed by atoms with Gasteiger partial charge in [-0.15, -0.1) is 0 Å². The highest BCUT2D eigenvalue weighted by Crippen LogP contribution is 2.15. The van der Waals surface area contributed by atoms with E-state index >= 15 is 0 Å². The largest absolute Gasteiger partial charge is 0.462 e. The summed E-state index contributed by atoms with van der Waals surface area (Å²) < 4.78 is 16.8. The van der Waals surface area contributed by atoms with Crippen molar-refractivity contribution in [2.75, 3.05) is 13.2 Å². The Hall–Kier alpha value is -2.37. The van der Waals surface area contributed by atoms with Crippen LogP contribution in [0.4, 0.5) is 0 Å². The molecule has 0 aliphatic rings. The first kappa shape index (κ1) is 58.6. The molecule has 0 aromatic carbocycles. The molecule has 0 saturated heterocycles. The monoisotopic (exact) mass is 857 g/mol. The molecule has 0 aliphatic heterocycles. The molecule has 0 aromatic heterocycles. The van der Waals surface area contributed by atoms with Crippen LogP contribution in [0.15, 0.2) is 36.5 Å². The number of hydrogen-bond donors (Lipinski definition) is 0. The van der Waals surface area contributed by atoms with Crippen molar-refractivity contribution in [2.45, 2.75) is 284 Å². The summed E-state index contributed by atoms with van der Waals surface area (Å²) in [6, 6.07) is 0. The van der Waals surface area contributed by atoms with Crippen molar-refractivity contribution in [1.29, 1.82) is 0 Å². The molecule has 61 heavy (non-hydrogen) atoms. The Morgan fingerprint density at radius 2 is 0.590 bits per heavy atom. The van der Waals surface area contributed by atoms with E-state index in [1.165, 1.54) is 154 Å². The number of ether oxygens (including phenoxy) is 3. The molecular weight excluding hydrogens is 757 g/mol. The van der Waals surface area contributed by atoms with Gasteiger partial charge in [0.2, 0.25) is 0 Å². The fourth-order valence-electron chi connectivity index (χ4n) is 7.60. The Balaban J connectivity index is 4.41. The van der Waals surface area contributed by atoms with E-state index in [2.05, 4.69) is 57.2 Å². The van der Waals surface area contributed by atoms with Crippen LogP contribution in [0, 0.1) is 0 Å². The molecule has 0 fully saturated rings. The van der Waals surface area contributed by atoms with Crippen LogP contribution >= 0.6 is 0 Å². The normalized spacial score (nSPS) is 12.2. The van der Waals surface area contributed by atoms with Gasteiger partial charge in [-0.2, -0.15) is 0 Å². The molecule has 0 heterocycles. The summed E-state index contributed by atoms with van der Waals surface area (Å²) in [4.78, 5) is 38.0. The van der Waals surface area contributed by atoms with Crippen LogP contribution in [-0.4, -0.2) is 37.2 Å². The molecule has 0 aliphatic carbocycles. The van der Waals surface area contributed by atoms with Gasteiger partial charge in [-0.3, -0.25) is 14.4 Å². The molecule has 0 N–H and O–H groups in total. The van der Waals surface area contributed by atoms with Crippen molar-refractivity contribution in [3.05, 3.63) is 36.5 Å². The van der Waals surface area contributed by atoms with Gasteiger partial charge in [0, 0.05) is 19.3 Å². The number of carbonyl (C=O) groups is 3. The van der Waals surface area contributed by atoms with Crippen LogP contribution in [0.25, 0.3) is 0 Å². The fourth-order valence-corrected chi connectivity index (χ4v) is 7.60. The lowest BCUT2D eigenvalue weighted by Gasteiger charge is -2.18. The number of unbranched alkanes of at least 4 members (excludes halogenated alkanes) is 32. The SMILES string of the molecule is CCCCCCCC/C=C\CCCCCC(=O)OCC(COC(=O)CCCCC/C=C\C=C/CCCCCCCCC)OC(=O)CCCCCCCCCCCCCCCC. The zero-order valence-electron chi connectivity index (χ0n) is 40.7. The van der Waals surface area contributed by atoms with E-state index in [1.807, 2.05) is 0 Å². The van der Waals surface area contributed by atoms with Crippen molar-refractivity contribution in [3.8, 4) is 0 Å². The summed E-state index contributed by atoms with van der Waals surface area (Å²) in [5, 5.41) is 0. The second kappa shape index (κ2) is 50.3. The second-order valence-electron chi connectivity index (χ2n) is 17.8. The van der Waals surface area contributed by atoms with Crippen LogP contribution < -0.4 is 0 Å². The summed E-state index contributed by atoms with van der Waals surface area (Å²) in [7, 11) is 0. The highest BCUT2D eigenvalue weighted by molar-refractivity contribution is 5.71. The Morgan fingerprint density at radius 3 is 0.934 bits per heavy atom. The number of hydrogen-bond acceptors (Lipinski definition) is 6. The minimum Gasteiger partial charge on any atom is -0.462 e.